The van der Waals surface area contributed by atoms with Crippen LogP contribution in [0.2, 0.25) is 0 Å². The van der Waals surface area contributed by atoms with E-state index in [0.29, 0.717) is 30.1 Å². The lowest BCUT2D eigenvalue weighted by molar-refractivity contribution is 0.140. The average Bonchev–Trinajstić information content (AvgIpc) is 3.05. The minimum Gasteiger partial charge on any atom is -0.489 e. The number of carbonyl (C=O) groups is 1. The molecular formula is C18H14FN3O3. The Morgan fingerprint density at radius 3 is 2.56 bits per heavy atom. The van der Waals surface area contributed by atoms with Gasteiger partial charge in [-0.05, 0) is 24.3 Å². The number of likely N-dealkylation sites (tertiary alicyclic amines) is 1. The van der Waals surface area contributed by atoms with Gasteiger partial charge in [0.15, 0.2) is 0 Å². The average molecular weight is 339 g/mol. The molecule has 25 heavy (non-hydrogen) atoms. The second kappa shape index (κ2) is 5.74. The molecule has 2 aromatic rings. The molecule has 3 atom stereocenters. The van der Waals surface area contributed by atoms with Crippen molar-refractivity contribution in [2.45, 2.75) is 6.10 Å². The highest BCUT2D eigenvalue weighted by Crippen LogP contribution is 2.48. The van der Waals surface area contributed by atoms with Gasteiger partial charge in [-0.2, -0.15) is 5.26 Å². The van der Waals surface area contributed by atoms with Crippen LogP contribution in [0.5, 0.6) is 5.75 Å². The highest BCUT2D eigenvalue weighted by atomic mass is 19.1. The maximum Gasteiger partial charge on any atom is 0.407 e. The number of aromatic nitrogens is 1. The van der Waals surface area contributed by atoms with E-state index in [4.69, 9.17) is 9.84 Å². The van der Waals surface area contributed by atoms with E-state index in [0.717, 1.165) is 0 Å². The van der Waals surface area contributed by atoms with E-state index in [1.165, 1.54) is 17.0 Å². The van der Waals surface area contributed by atoms with Gasteiger partial charge >= 0.3 is 6.09 Å². The van der Waals surface area contributed by atoms with E-state index in [1.807, 2.05) is 6.07 Å². The lowest BCUT2D eigenvalue weighted by Crippen LogP contribution is -2.31. The van der Waals surface area contributed by atoms with E-state index in [-0.39, 0.29) is 29.5 Å². The minimum atomic E-state index is -0.903. The fourth-order valence-electron chi connectivity index (χ4n) is 3.36. The second-order valence-electron chi connectivity index (χ2n) is 6.29. The predicted molar refractivity (Wildman–Crippen MR) is 85.3 cm³/mol. The topological polar surface area (TPSA) is 86.5 Å². The summed E-state index contributed by atoms with van der Waals surface area (Å²) in [6.07, 6.45) is -0.939. The molecule has 0 unspecified atom stereocenters. The lowest BCUT2D eigenvalue weighted by Gasteiger charge is -2.17. The van der Waals surface area contributed by atoms with E-state index in [2.05, 4.69) is 4.98 Å². The normalized spacial score (nSPS) is 23.7. The number of carboxylic acid groups (broad SMARTS) is 1. The fraction of sp³-hybridized carbons (Fsp3) is 0.278. The first kappa shape index (κ1) is 15.4. The highest BCUT2D eigenvalue weighted by molar-refractivity contribution is 5.66. The molecule has 1 saturated heterocycles. The van der Waals surface area contributed by atoms with Crippen LogP contribution in [-0.2, 0) is 0 Å². The molecule has 2 fully saturated rings. The van der Waals surface area contributed by atoms with Crippen molar-refractivity contribution < 1.29 is 19.0 Å². The van der Waals surface area contributed by atoms with Crippen LogP contribution >= 0.6 is 0 Å². The lowest BCUT2D eigenvalue weighted by atomic mass is 10.1. The third-order valence-electron chi connectivity index (χ3n) is 4.71. The summed E-state index contributed by atoms with van der Waals surface area (Å²) < 4.78 is 19.0. The molecule has 1 aliphatic heterocycles. The Hall–Kier alpha value is -3.14. The molecule has 1 amide bonds. The van der Waals surface area contributed by atoms with Crippen LogP contribution in [0.4, 0.5) is 9.18 Å². The molecule has 7 heteroatoms. The van der Waals surface area contributed by atoms with Crippen molar-refractivity contribution in [3.8, 4) is 23.1 Å². The molecule has 1 N–H and O–H groups in total. The fourth-order valence-corrected chi connectivity index (χ4v) is 3.36. The van der Waals surface area contributed by atoms with Gasteiger partial charge in [0.2, 0.25) is 0 Å². The number of ether oxygens (including phenoxy) is 1. The van der Waals surface area contributed by atoms with Crippen LogP contribution < -0.4 is 4.74 Å². The summed E-state index contributed by atoms with van der Waals surface area (Å²) >= 11 is 0. The van der Waals surface area contributed by atoms with E-state index in [1.54, 1.807) is 24.3 Å². The summed E-state index contributed by atoms with van der Waals surface area (Å²) in [5.41, 5.74) is 1.44. The van der Waals surface area contributed by atoms with Crippen molar-refractivity contribution in [1.82, 2.24) is 9.88 Å². The van der Waals surface area contributed by atoms with Crippen LogP contribution in [-0.4, -0.2) is 40.3 Å². The van der Waals surface area contributed by atoms with Crippen molar-refractivity contribution in [2.75, 3.05) is 13.1 Å². The van der Waals surface area contributed by atoms with Gasteiger partial charge in [-0.15, -0.1) is 0 Å². The van der Waals surface area contributed by atoms with Gasteiger partial charge in [0.05, 0.1) is 5.69 Å². The van der Waals surface area contributed by atoms with Crippen LogP contribution in [0.1, 0.15) is 5.69 Å². The molecule has 6 nitrogen and oxygen atoms in total. The van der Waals surface area contributed by atoms with Gasteiger partial charge in [0.25, 0.3) is 0 Å². The van der Waals surface area contributed by atoms with E-state index in [9.17, 15) is 14.4 Å². The number of piperidine rings is 1. The molecule has 1 saturated carbocycles. The van der Waals surface area contributed by atoms with Gasteiger partial charge < -0.3 is 14.7 Å². The highest BCUT2D eigenvalue weighted by Gasteiger charge is 2.59. The van der Waals surface area contributed by atoms with Gasteiger partial charge in [0.1, 0.15) is 29.4 Å². The standard InChI is InChI=1S/C18H14FN3O3/c19-11-3-1-10(2-4-11)16-6-13(5-12(7-20)21-16)25-17-14-8-22(18(23)24)9-15(14)17/h1-6,14-15,17H,8-9H2,(H,23,24)/t14-,15+,17-. The number of pyridine rings is 1. The number of amides is 1. The molecule has 1 aromatic carbocycles. The molecule has 0 spiro atoms. The molecule has 1 aromatic heterocycles. The zero-order chi connectivity index (χ0) is 17.6. The van der Waals surface area contributed by atoms with Crippen molar-refractivity contribution in [1.29, 1.82) is 5.26 Å². The first-order valence-electron chi connectivity index (χ1n) is 7.88. The number of nitrogens with zero attached hydrogens (tertiary/aromatic N) is 3. The summed E-state index contributed by atoms with van der Waals surface area (Å²) in [4.78, 5) is 16.6. The summed E-state index contributed by atoms with van der Waals surface area (Å²) in [5, 5.41) is 18.2. The van der Waals surface area contributed by atoms with Gasteiger partial charge in [-0.25, -0.2) is 14.2 Å². The Morgan fingerprint density at radius 1 is 1.28 bits per heavy atom. The van der Waals surface area contributed by atoms with Crippen molar-refractivity contribution >= 4 is 6.09 Å². The molecule has 126 valence electrons. The maximum absolute atomic E-state index is 13.1. The largest absolute Gasteiger partial charge is 0.489 e. The predicted octanol–water partition coefficient (Wildman–Crippen LogP) is 2.75. The summed E-state index contributed by atoms with van der Waals surface area (Å²) in [6, 6.07) is 11.2. The Bertz CT molecular complexity index is 866. The van der Waals surface area contributed by atoms with Gasteiger partial charge in [-0.1, -0.05) is 0 Å². The van der Waals surface area contributed by atoms with Crippen molar-refractivity contribution in [3.05, 3.63) is 47.9 Å². The Kier molecular flexibility index (Phi) is 3.53. The number of halogens is 1. The van der Waals surface area contributed by atoms with E-state index >= 15 is 0 Å². The SMILES string of the molecule is N#Cc1cc(O[C@@H]2[C@@H]3CN(C(=O)O)C[C@@H]32)cc(-c2ccc(F)cc2)n1. The Labute approximate surface area is 143 Å². The van der Waals surface area contributed by atoms with Crippen molar-refractivity contribution in [2.24, 2.45) is 11.8 Å². The zero-order valence-corrected chi connectivity index (χ0v) is 13.1. The first-order chi connectivity index (χ1) is 12.0. The second-order valence-corrected chi connectivity index (χ2v) is 6.29. The number of rotatable bonds is 3. The van der Waals surface area contributed by atoms with Crippen LogP contribution in [0.3, 0.4) is 0 Å². The summed E-state index contributed by atoms with van der Waals surface area (Å²) in [7, 11) is 0. The summed E-state index contributed by atoms with van der Waals surface area (Å²) in [5.74, 6) is 0.575. The molecule has 0 bridgehead atoms. The van der Waals surface area contributed by atoms with Gasteiger partial charge in [0, 0.05) is 42.6 Å². The number of nitriles is 1. The molecule has 2 heterocycles. The Morgan fingerprint density at radius 2 is 1.96 bits per heavy atom. The number of benzene rings is 1. The van der Waals surface area contributed by atoms with E-state index < -0.39 is 6.09 Å². The van der Waals surface area contributed by atoms with Crippen LogP contribution in [0, 0.1) is 29.0 Å². The number of hydrogen-bond donors (Lipinski definition) is 1. The first-order valence-corrected chi connectivity index (χ1v) is 7.88. The minimum absolute atomic E-state index is 0.0365. The smallest absolute Gasteiger partial charge is 0.407 e. The summed E-state index contributed by atoms with van der Waals surface area (Å²) in [6.45, 7) is 0.956. The van der Waals surface area contributed by atoms with Crippen LogP contribution in [0.15, 0.2) is 36.4 Å². The zero-order valence-electron chi connectivity index (χ0n) is 13.1. The molecule has 1 aliphatic carbocycles. The van der Waals surface area contributed by atoms with Gasteiger partial charge in [-0.3, -0.25) is 0 Å². The molecule has 0 radical (unpaired) electrons. The Balaban J connectivity index is 1.53. The molecular weight excluding hydrogens is 325 g/mol. The molecule has 2 aliphatic rings. The van der Waals surface area contributed by atoms with Crippen molar-refractivity contribution in [3.63, 3.8) is 0 Å². The third kappa shape index (κ3) is 2.87. The number of fused-ring (bicyclic) bond motifs is 1. The molecule has 4 rings (SSSR count). The monoisotopic (exact) mass is 339 g/mol. The maximum atomic E-state index is 13.1. The van der Waals surface area contributed by atoms with Crippen LogP contribution in [0.25, 0.3) is 11.3 Å². The number of hydrogen-bond acceptors (Lipinski definition) is 4. The third-order valence-corrected chi connectivity index (χ3v) is 4.71. The quantitative estimate of drug-likeness (QED) is 0.929.